The van der Waals surface area contributed by atoms with E-state index in [4.69, 9.17) is 6.15 Å². The molecule has 0 aromatic rings. The third kappa shape index (κ3) is 13.0. The van der Waals surface area contributed by atoms with Crippen LogP contribution in [0.2, 0.25) is 0 Å². The zero-order chi connectivity index (χ0) is 2.71. The van der Waals surface area contributed by atoms with Crippen LogP contribution in [0.25, 0.3) is 0 Å². The summed E-state index contributed by atoms with van der Waals surface area (Å²) in [5.74, 6) is 0. The summed E-state index contributed by atoms with van der Waals surface area (Å²) in [5, 5.41) is 0. The minimum atomic E-state index is -2.27. The molecule has 0 unspecified atom stereocenters. The van der Waals surface area contributed by atoms with E-state index in [1.165, 1.54) is 0 Å². The Morgan fingerprint density at radius 2 is 1.25 bits per heavy atom. The molecule has 0 heterocycles. The standard InChI is InChI=1S/Ni.2O.Sn. The third-order valence-corrected chi connectivity index (χ3v) is 0. The average molecular weight is 209 g/mol. The number of rotatable bonds is 0. The first-order valence-electron chi connectivity index (χ1n) is 0.408. The molecule has 0 rings (SSSR count). The van der Waals surface area contributed by atoms with Gasteiger partial charge in [-0.05, 0) is 0 Å². The molecule has 0 aromatic heterocycles. The Morgan fingerprint density at radius 1 is 1.25 bits per heavy atom. The predicted molar refractivity (Wildman–Crippen MR) is 7.13 cm³/mol. The van der Waals surface area contributed by atoms with Gasteiger partial charge in [0, 0.05) is 16.5 Å². The van der Waals surface area contributed by atoms with Gasteiger partial charge in [0.2, 0.25) is 0 Å². The molecule has 4 heavy (non-hydrogen) atoms. The first-order chi connectivity index (χ1) is 1.41. The summed E-state index contributed by atoms with van der Waals surface area (Å²) in [7, 11) is 0. The molecule has 0 aliphatic rings. The van der Waals surface area contributed by atoms with Crippen LogP contribution in [0.15, 0.2) is 0 Å². The Kier molecular flexibility index (Phi) is 20.1. The second-order valence-electron chi connectivity index (χ2n) is 0.0833. The average Bonchev–Trinajstić information content (AvgIpc) is 0.918. The van der Waals surface area contributed by atoms with Gasteiger partial charge in [0.05, 0.1) is 0 Å². The van der Waals surface area contributed by atoms with Crippen LogP contribution in [0, 0.1) is 0 Å². The summed E-state index contributed by atoms with van der Waals surface area (Å²) in [6.07, 6.45) is 0. The van der Waals surface area contributed by atoms with Gasteiger partial charge in [-0.2, -0.15) is 0 Å². The van der Waals surface area contributed by atoms with E-state index >= 15 is 0 Å². The van der Waals surface area contributed by atoms with Crippen LogP contribution in [0.5, 0.6) is 0 Å². The minimum absolute atomic E-state index is 0. The molecule has 0 spiro atoms. The molecule has 0 aromatic carbocycles. The fourth-order valence-electron chi connectivity index (χ4n) is 0. The van der Waals surface area contributed by atoms with Crippen molar-refractivity contribution in [2.45, 2.75) is 0 Å². The summed E-state index contributed by atoms with van der Waals surface area (Å²) in [6, 6.07) is 0. The zero-order valence-electron chi connectivity index (χ0n) is 1.63. The zero-order valence-corrected chi connectivity index (χ0v) is 5.47. The quantitative estimate of drug-likeness (QED) is 0.498. The number of hydrogen-bond acceptors (Lipinski definition) is 2. The van der Waals surface area contributed by atoms with Crippen molar-refractivity contribution in [3.8, 4) is 0 Å². The van der Waals surface area contributed by atoms with Crippen molar-refractivity contribution in [1.82, 2.24) is 0 Å². The van der Waals surface area contributed by atoms with E-state index in [2.05, 4.69) is 0 Å². The first kappa shape index (κ1) is 8.86. The van der Waals surface area contributed by atoms with Crippen LogP contribution in [0.3, 0.4) is 0 Å². The molecule has 0 bridgehead atoms. The summed E-state index contributed by atoms with van der Waals surface area (Å²) in [5.41, 5.74) is 0. The van der Waals surface area contributed by atoms with Gasteiger partial charge in [-0.15, -0.1) is 0 Å². The monoisotopic (exact) mass is 210 g/mol. The molecule has 0 fully saturated rings. The Labute approximate surface area is 43.9 Å². The van der Waals surface area contributed by atoms with Gasteiger partial charge < -0.3 is 0 Å². The van der Waals surface area contributed by atoms with E-state index in [0.29, 0.717) is 0 Å². The number of hydrogen-bond donors (Lipinski definition) is 0. The normalized spacial score (nSPS) is 2.00. The summed E-state index contributed by atoms with van der Waals surface area (Å²) >= 11 is -2.27. The van der Waals surface area contributed by atoms with Crippen LogP contribution in [0.1, 0.15) is 0 Å². The van der Waals surface area contributed by atoms with E-state index in [1.54, 1.807) is 0 Å². The van der Waals surface area contributed by atoms with Crippen molar-refractivity contribution in [2.75, 3.05) is 0 Å². The fraction of sp³-hybridized carbons (Fsp3) is 0. The molecule has 0 aliphatic heterocycles. The van der Waals surface area contributed by atoms with Gasteiger partial charge in [0.1, 0.15) is 0 Å². The fourth-order valence-corrected chi connectivity index (χ4v) is 0. The van der Waals surface area contributed by atoms with Gasteiger partial charge in [0.15, 0.2) is 0 Å². The first-order valence-corrected chi connectivity index (χ1v) is 2.74. The summed E-state index contributed by atoms with van der Waals surface area (Å²) < 4.78 is 17.1. The molecule has 0 saturated carbocycles. The van der Waals surface area contributed by atoms with Crippen LogP contribution in [-0.2, 0) is 22.6 Å². The molecule has 0 N–H and O–H groups in total. The van der Waals surface area contributed by atoms with Crippen molar-refractivity contribution < 1.29 is 22.6 Å². The van der Waals surface area contributed by atoms with Gasteiger partial charge in [-0.3, -0.25) is 0 Å². The SMILES string of the molecule is [Ni].[O]=[Sn]=[O]. The summed E-state index contributed by atoms with van der Waals surface area (Å²) in [6.45, 7) is 0. The molecule has 0 atom stereocenters. The van der Waals surface area contributed by atoms with Crippen molar-refractivity contribution >= 4 is 21.1 Å². The predicted octanol–water partition coefficient (Wildman–Crippen LogP) is -0.621. The van der Waals surface area contributed by atoms with Crippen molar-refractivity contribution in [3.63, 3.8) is 0 Å². The van der Waals surface area contributed by atoms with E-state index < -0.39 is 21.1 Å². The van der Waals surface area contributed by atoms with Gasteiger partial charge in [0.25, 0.3) is 0 Å². The van der Waals surface area contributed by atoms with Gasteiger partial charge in [-0.1, -0.05) is 0 Å². The molecule has 26 valence electrons. The molecule has 2 nitrogen and oxygen atoms in total. The second kappa shape index (κ2) is 9.09. The van der Waals surface area contributed by atoms with Crippen LogP contribution in [0.4, 0.5) is 0 Å². The molecule has 0 aliphatic carbocycles. The van der Waals surface area contributed by atoms with Crippen molar-refractivity contribution in [2.24, 2.45) is 0 Å². The van der Waals surface area contributed by atoms with E-state index in [1.807, 2.05) is 0 Å². The molecule has 0 radical (unpaired) electrons. The van der Waals surface area contributed by atoms with Crippen molar-refractivity contribution in [1.29, 1.82) is 0 Å². The topological polar surface area (TPSA) is 34.1 Å². The Morgan fingerprint density at radius 3 is 1.25 bits per heavy atom. The maximum atomic E-state index is 8.54. The molecule has 4 heteroatoms. The molecule has 0 saturated heterocycles. The maximum absolute atomic E-state index is 8.54. The molecule has 0 amide bonds. The Hall–Kier alpha value is 0.892. The van der Waals surface area contributed by atoms with Crippen LogP contribution < -0.4 is 0 Å². The van der Waals surface area contributed by atoms with Gasteiger partial charge in [-0.25, -0.2) is 0 Å². The molecular weight excluding hydrogens is 209 g/mol. The van der Waals surface area contributed by atoms with E-state index in [0.717, 1.165) is 0 Å². The van der Waals surface area contributed by atoms with Crippen LogP contribution in [-0.4, -0.2) is 21.1 Å². The van der Waals surface area contributed by atoms with Gasteiger partial charge >= 0.3 is 27.3 Å². The Balaban J connectivity index is 0. The Bertz CT molecular complexity index is 27.0. The van der Waals surface area contributed by atoms with E-state index in [-0.39, 0.29) is 16.5 Å². The molecular formula is NiO2Sn. The van der Waals surface area contributed by atoms with Crippen LogP contribution >= 0.6 is 0 Å². The van der Waals surface area contributed by atoms with Crippen molar-refractivity contribution in [3.05, 3.63) is 0 Å². The van der Waals surface area contributed by atoms with E-state index in [9.17, 15) is 0 Å². The third-order valence-electron chi connectivity index (χ3n) is 0. The summed E-state index contributed by atoms with van der Waals surface area (Å²) in [4.78, 5) is 0. The second-order valence-corrected chi connectivity index (χ2v) is 0.559.